The van der Waals surface area contributed by atoms with Gasteiger partial charge in [0.2, 0.25) is 5.95 Å². The third-order valence-corrected chi connectivity index (χ3v) is 2.70. The van der Waals surface area contributed by atoms with E-state index in [2.05, 4.69) is 26.6 Å². The summed E-state index contributed by atoms with van der Waals surface area (Å²) in [6.07, 6.45) is 9.52. The molecule has 1 aromatic rings. The second kappa shape index (κ2) is 5.44. The van der Waals surface area contributed by atoms with Gasteiger partial charge in [0.05, 0.1) is 0 Å². The first-order valence-corrected chi connectivity index (χ1v) is 5.68. The fourth-order valence-corrected chi connectivity index (χ4v) is 1.87. The first-order valence-electron chi connectivity index (χ1n) is 5.68. The Bertz CT molecular complexity index is 424. The Morgan fingerprint density at radius 3 is 3.12 bits per heavy atom. The molecule has 0 aromatic carbocycles. The van der Waals surface area contributed by atoms with Crippen LogP contribution in [0.2, 0.25) is 0 Å². The number of aromatic nitrogens is 3. The van der Waals surface area contributed by atoms with E-state index in [1.54, 1.807) is 0 Å². The maximum absolute atomic E-state index is 10.9. The summed E-state index contributed by atoms with van der Waals surface area (Å²) >= 11 is 0. The molecule has 1 aliphatic carbocycles. The molecule has 0 fully saturated rings. The molecule has 1 aromatic heterocycles. The van der Waals surface area contributed by atoms with E-state index in [0.29, 0.717) is 5.95 Å². The van der Waals surface area contributed by atoms with Crippen LogP contribution in [0, 0.1) is 0 Å². The highest BCUT2D eigenvalue weighted by Gasteiger charge is 2.03. The molecule has 1 aliphatic rings. The van der Waals surface area contributed by atoms with Gasteiger partial charge in [-0.25, -0.2) is 0 Å². The number of nitrogens with zero attached hydrogens (tertiary/aromatic N) is 2. The molecule has 1 heterocycles. The van der Waals surface area contributed by atoms with Crippen molar-refractivity contribution < 1.29 is 0 Å². The van der Waals surface area contributed by atoms with E-state index < -0.39 is 0 Å². The average molecular weight is 220 g/mol. The lowest BCUT2D eigenvalue weighted by Crippen LogP contribution is -2.14. The zero-order chi connectivity index (χ0) is 11.2. The number of rotatable bonds is 4. The first kappa shape index (κ1) is 10.9. The fraction of sp³-hybridized carbons (Fsp3) is 0.545. The lowest BCUT2D eigenvalue weighted by atomic mass is 9.97. The molecule has 0 saturated heterocycles. The van der Waals surface area contributed by atoms with Crippen molar-refractivity contribution in [2.45, 2.75) is 32.1 Å². The molecule has 0 bridgehead atoms. The lowest BCUT2D eigenvalue weighted by Gasteiger charge is -2.12. The maximum Gasteiger partial charge on any atom is 0.271 e. The molecule has 86 valence electrons. The topological polar surface area (TPSA) is 70.7 Å². The standard InChI is InChI=1S/C11H16N4O/c16-10-8-13-15-11(14-10)12-7-6-9-4-2-1-3-5-9/h4,8H,1-3,5-7H2,(H2,12,14,15,16). The number of aromatic amines is 1. The van der Waals surface area contributed by atoms with Crippen molar-refractivity contribution in [3.63, 3.8) is 0 Å². The summed E-state index contributed by atoms with van der Waals surface area (Å²) in [5.41, 5.74) is 1.28. The lowest BCUT2D eigenvalue weighted by molar-refractivity contribution is 0.678. The van der Waals surface area contributed by atoms with E-state index in [1.165, 1.54) is 31.3 Å². The molecule has 2 N–H and O–H groups in total. The Labute approximate surface area is 94.0 Å². The maximum atomic E-state index is 10.9. The van der Waals surface area contributed by atoms with E-state index in [9.17, 15) is 4.79 Å². The highest BCUT2D eigenvalue weighted by Crippen LogP contribution is 2.19. The van der Waals surface area contributed by atoms with Crippen LogP contribution < -0.4 is 10.9 Å². The van der Waals surface area contributed by atoms with Crippen LogP contribution in [0.1, 0.15) is 32.1 Å². The summed E-state index contributed by atoms with van der Waals surface area (Å²) in [6.45, 7) is 0.792. The third kappa shape index (κ3) is 3.18. The van der Waals surface area contributed by atoms with Gasteiger partial charge in [-0.3, -0.25) is 9.78 Å². The van der Waals surface area contributed by atoms with Crippen LogP contribution in [-0.4, -0.2) is 21.7 Å². The molecule has 2 rings (SSSR count). The number of H-pyrrole nitrogens is 1. The average Bonchev–Trinajstić information content (AvgIpc) is 2.30. The molecule has 16 heavy (non-hydrogen) atoms. The van der Waals surface area contributed by atoms with Gasteiger partial charge in [-0.15, -0.1) is 10.2 Å². The molecule has 0 spiro atoms. The summed E-state index contributed by atoms with van der Waals surface area (Å²) in [4.78, 5) is 13.5. The van der Waals surface area contributed by atoms with Crippen molar-refractivity contribution in [3.8, 4) is 0 Å². The van der Waals surface area contributed by atoms with Crippen molar-refractivity contribution in [2.75, 3.05) is 11.9 Å². The molecular weight excluding hydrogens is 204 g/mol. The van der Waals surface area contributed by atoms with Crippen LogP contribution in [-0.2, 0) is 0 Å². The predicted octanol–water partition coefficient (Wildman–Crippen LogP) is 1.47. The highest BCUT2D eigenvalue weighted by atomic mass is 16.1. The number of anilines is 1. The Kier molecular flexibility index (Phi) is 3.69. The molecule has 0 atom stereocenters. The predicted molar refractivity (Wildman–Crippen MR) is 62.3 cm³/mol. The zero-order valence-corrected chi connectivity index (χ0v) is 9.20. The van der Waals surface area contributed by atoms with Crippen molar-refractivity contribution >= 4 is 5.95 Å². The summed E-state index contributed by atoms with van der Waals surface area (Å²) < 4.78 is 0. The molecule has 0 unspecified atom stereocenters. The summed E-state index contributed by atoms with van der Waals surface area (Å²) in [7, 11) is 0. The van der Waals surface area contributed by atoms with Crippen LogP contribution in [0.4, 0.5) is 5.95 Å². The number of hydrogen-bond acceptors (Lipinski definition) is 4. The van der Waals surface area contributed by atoms with Crippen molar-refractivity contribution in [1.82, 2.24) is 15.2 Å². The minimum absolute atomic E-state index is 0.227. The van der Waals surface area contributed by atoms with E-state index in [1.807, 2.05) is 0 Å². The molecule has 5 heteroatoms. The Morgan fingerprint density at radius 2 is 2.38 bits per heavy atom. The van der Waals surface area contributed by atoms with Gasteiger partial charge in [-0.1, -0.05) is 11.6 Å². The number of hydrogen-bond donors (Lipinski definition) is 2. The van der Waals surface area contributed by atoms with Crippen LogP contribution >= 0.6 is 0 Å². The molecule has 0 aliphatic heterocycles. The van der Waals surface area contributed by atoms with Crippen LogP contribution in [0.15, 0.2) is 22.6 Å². The van der Waals surface area contributed by atoms with Gasteiger partial charge in [0.15, 0.2) is 0 Å². The monoisotopic (exact) mass is 220 g/mol. The smallest absolute Gasteiger partial charge is 0.271 e. The van der Waals surface area contributed by atoms with Crippen LogP contribution in [0.25, 0.3) is 0 Å². The van der Waals surface area contributed by atoms with Crippen molar-refractivity contribution in [3.05, 3.63) is 28.2 Å². The fourth-order valence-electron chi connectivity index (χ4n) is 1.87. The molecule has 5 nitrogen and oxygen atoms in total. The molecule has 0 amide bonds. The second-order valence-electron chi connectivity index (χ2n) is 3.97. The summed E-state index contributed by atoms with van der Waals surface area (Å²) in [5.74, 6) is 0.448. The minimum Gasteiger partial charge on any atom is -0.354 e. The molecular formula is C11H16N4O. The van der Waals surface area contributed by atoms with Gasteiger partial charge in [-0.05, 0) is 32.1 Å². The van der Waals surface area contributed by atoms with E-state index in [4.69, 9.17) is 0 Å². The van der Waals surface area contributed by atoms with Crippen LogP contribution in [0.3, 0.4) is 0 Å². The van der Waals surface area contributed by atoms with E-state index >= 15 is 0 Å². The Hall–Kier alpha value is -1.65. The Balaban J connectivity index is 1.79. The van der Waals surface area contributed by atoms with Gasteiger partial charge in [0.25, 0.3) is 5.56 Å². The van der Waals surface area contributed by atoms with Crippen molar-refractivity contribution in [1.29, 1.82) is 0 Å². The van der Waals surface area contributed by atoms with Gasteiger partial charge >= 0.3 is 0 Å². The van der Waals surface area contributed by atoms with Crippen LogP contribution in [0.5, 0.6) is 0 Å². The normalized spacial score (nSPS) is 15.6. The number of allylic oxidation sites excluding steroid dienone is 1. The second-order valence-corrected chi connectivity index (χ2v) is 3.97. The molecule has 0 saturated carbocycles. The SMILES string of the molecule is O=c1cnnc(NCCC2=CCCCC2)[nH]1. The number of nitrogens with one attached hydrogen (secondary N) is 2. The quantitative estimate of drug-likeness (QED) is 0.754. The summed E-state index contributed by atoms with van der Waals surface area (Å²) in [6, 6.07) is 0. The van der Waals surface area contributed by atoms with Gasteiger partial charge in [0.1, 0.15) is 6.20 Å². The van der Waals surface area contributed by atoms with Gasteiger partial charge < -0.3 is 5.32 Å². The van der Waals surface area contributed by atoms with Crippen molar-refractivity contribution in [2.24, 2.45) is 0 Å². The van der Waals surface area contributed by atoms with E-state index in [-0.39, 0.29) is 5.56 Å². The molecule has 0 radical (unpaired) electrons. The van der Waals surface area contributed by atoms with Gasteiger partial charge in [-0.2, -0.15) is 0 Å². The largest absolute Gasteiger partial charge is 0.354 e. The third-order valence-electron chi connectivity index (χ3n) is 2.70. The summed E-state index contributed by atoms with van der Waals surface area (Å²) in [5, 5.41) is 10.4. The van der Waals surface area contributed by atoms with E-state index in [0.717, 1.165) is 19.2 Å². The zero-order valence-electron chi connectivity index (χ0n) is 9.20. The Morgan fingerprint density at radius 1 is 1.44 bits per heavy atom. The first-order chi connectivity index (χ1) is 7.84. The highest BCUT2D eigenvalue weighted by molar-refractivity contribution is 5.21. The minimum atomic E-state index is -0.227. The van der Waals surface area contributed by atoms with Gasteiger partial charge in [0, 0.05) is 6.54 Å².